The predicted molar refractivity (Wildman–Crippen MR) is 107 cm³/mol. The van der Waals surface area contributed by atoms with Crippen LogP contribution in [0.1, 0.15) is 17.7 Å². The van der Waals surface area contributed by atoms with Gasteiger partial charge < -0.3 is 19.9 Å². The predicted octanol–water partition coefficient (Wildman–Crippen LogP) is 1.76. The maximum atomic E-state index is 12.4. The van der Waals surface area contributed by atoms with E-state index in [1.807, 2.05) is 4.90 Å². The molecule has 0 aliphatic carbocycles. The molecular weight excluding hydrogens is 439 g/mol. The Morgan fingerprint density at radius 2 is 2.12 bits per heavy atom. The summed E-state index contributed by atoms with van der Waals surface area (Å²) in [6.07, 6.45) is 1.65. The first-order valence-corrected chi connectivity index (χ1v) is 9.04. The summed E-state index contributed by atoms with van der Waals surface area (Å²) in [5, 5.41) is 5.48. The summed E-state index contributed by atoms with van der Waals surface area (Å²) in [6.45, 7) is 4.59. The smallest absolute Gasteiger partial charge is 0.251 e. The minimum Gasteiger partial charge on any atom is -0.368 e. The fourth-order valence-corrected chi connectivity index (χ4v) is 3.67. The van der Waals surface area contributed by atoms with Gasteiger partial charge in [-0.1, -0.05) is 6.07 Å². The highest BCUT2D eigenvalue weighted by molar-refractivity contribution is 14.0. The number of nitrogens with zero attached hydrogens (tertiary/aromatic N) is 3. The number of carbonyl (C=O) groups is 1. The second kappa shape index (κ2) is 9.57. The normalized spacial score (nSPS) is 21.5. The van der Waals surface area contributed by atoms with Gasteiger partial charge in [-0.15, -0.1) is 35.3 Å². The van der Waals surface area contributed by atoms with Gasteiger partial charge in [0.2, 0.25) is 0 Å². The number of hydrogen-bond donors (Lipinski definition) is 1. The fourth-order valence-electron chi connectivity index (χ4n) is 3.03. The summed E-state index contributed by atoms with van der Waals surface area (Å²) >= 11 is 1.74. The van der Waals surface area contributed by atoms with E-state index in [1.54, 1.807) is 18.4 Å². The lowest BCUT2D eigenvalue weighted by Gasteiger charge is -2.37. The van der Waals surface area contributed by atoms with Crippen molar-refractivity contribution >= 4 is 47.2 Å². The first-order valence-electron chi connectivity index (χ1n) is 8.16. The highest BCUT2D eigenvalue weighted by atomic mass is 127. The van der Waals surface area contributed by atoms with Gasteiger partial charge >= 0.3 is 0 Å². The molecular formula is C16H25IN4O2S. The highest BCUT2D eigenvalue weighted by Gasteiger charge is 2.30. The van der Waals surface area contributed by atoms with Crippen LogP contribution in [-0.2, 0) is 16.1 Å². The third-order valence-electron chi connectivity index (χ3n) is 4.31. The number of nitrogens with one attached hydrogen (secondary N) is 1. The van der Waals surface area contributed by atoms with Crippen LogP contribution in [0.15, 0.2) is 22.5 Å². The van der Waals surface area contributed by atoms with Crippen molar-refractivity contribution in [2.45, 2.75) is 25.5 Å². The van der Waals surface area contributed by atoms with Crippen LogP contribution >= 0.6 is 35.3 Å². The van der Waals surface area contributed by atoms with E-state index in [1.165, 1.54) is 4.88 Å². The second-order valence-electron chi connectivity index (χ2n) is 5.79. The third-order valence-corrected chi connectivity index (χ3v) is 5.19. The molecule has 2 saturated heterocycles. The van der Waals surface area contributed by atoms with Crippen LogP contribution in [0, 0.1) is 0 Å². The van der Waals surface area contributed by atoms with Crippen molar-refractivity contribution in [3.63, 3.8) is 0 Å². The average molecular weight is 464 g/mol. The minimum absolute atomic E-state index is 0. The zero-order chi connectivity index (χ0) is 16.1. The Hall–Kier alpha value is -0.870. The fraction of sp³-hybridized carbons (Fsp3) is 0.625. The van der Waals surface area contributed by atoms with E-state index in [0.717, 1.165) is 58.1 Å². The molecule has 1 aromatic rings. The SMILES string of the molecule is CN=C(NCc1cccs1)N1CCN(C(=O)C2CCCO2)CC1.I. The van der Waals surface area contributed by atoms with E-state index in [-0.39, 0.29) is 36.0 Å². The molecule has 1 atom stereocenters. The van der Waals surface area contributed by atoms with E-state index >= 15 is 0 Å². The Bertz CT molecular complexity index is 538. The van der Waals surface area contributed by atoms with Gasteiger partial charge in [0.1, 0.15) is 6.10 Å². The molecule has 2 aliphatic rings. The van der Waals surface area contributed by atoms with Gasteiger partial charge in [0.25, 0.3) is 5.91 Å². The number of guanidine groups is 1. The maximum Gasteiger partial charge on any atom is 0.251 e. The van der Waals surface area contributed by atoms with Gasteiger partial charge in [-0.05, 0) is 24.3 Å². The van der Waals surface area contributed by atoms with E-state index in [4.69, 9.17) is 4.74 Å². The minimum atomic E-state index is -0.210. The quantitative estimate of drug-likeness (QED) is 0.421. The van der Waals surface area contributed by atoms with Crippen LogP contribution in [-0.4, -0.2) is 67.6 Å². The van der Waals surface area contributed by atoms with Crippen LogP contribution in [0.25, 0.3) is 0 Å². The molecule has 0 bridgehead atoms. The largest absolute Gasteiger partial charge is 0.368 e. The number of halogens is 1. The molecule has 134 valence electrons. The van der Waals surface area contributed by atoms with Crippen molar-refractivity contribution in [3.8, 4) is 0 Å². The third kappa shape index (κ3) is 4.82. The summed E-state index contributed by atoms with van der Waals surface area (Å²) in [5.74, 6) is 1.06. The number of thiophene rings is 1. The van der Waals surface area contributed by atoms with Crippen LogP contribution in [0.2, 0.25) is 0 Å². The molecule has 0 spiro atoms. The van der Waals surface area contributed by atoms with E-state index < -0.39 is 0 Å². The maximum absolute atomic E-state index is 12.4. The topological polar surface area (TPSA) is 57.2 Å². The van der Waals surface area contributed by atoms with Crippen LogP contribution < -0.4 is 5.32 Å². The molecule has 1 aromatic heterocycles. The number of carbonyl (C=O) groups excluding carboxylic acids is 1. The Labute approximate surface area is 164 Å². The summed E-state index contributed by atoms with van der Waals surface area (Å²) in [6, 6.07) is 4.17. The van der Waals surface area contributed by atoms with Gasteiger partial charge in [0.05, 0.1) is 6.54 Å². The summed E-state index contributed by atoms with van der Waals surface area (Å²) in [7, 11) is 1.81. The van der Waals surface area contributed by atoms with Crippen molar-refractivity contribution in [1.29, 1.82) is 0 Å². The van der Waals surface area contributed by atoms with Crippen LogP contribution in [0.5, 0.6) is 0 Å². The molecule has 3 heterocycles. The molecule has 2 fully saturated rings. The van der Waals surface area contributed by atoms with Gasteiger partial charge in [0.15, 0.2) is 5.96 Å². The van der Waals surface area contributed by atoms with E-state index in [2.05, 4.69) is 32.7 Å². The molecule has 0 aromatic carbocycles. The summed E-state index contributed by atoms with van der Waals surface area (Å²) in [5.41, 5.74) is 0. The molecule has 8 heteroatoms. The second-order valence-corrected chi connectivity index (χ2v) is 6.83. The first-order chi connectivity index (χ1) is 11.3. The van der Waals surface area contributed by atoms with Crippen LogP contribution in [0.4, 0.5) is 0 Å². The summed E-state index contributed by atoms with van der Waals surface area (Å²) in [4.78, 5) is 22.2. The monoisotopic (exact) mass is 464 g/mol. The molecule has 1 unspecified atom stereocenters. The van der Waals surface area contributed by atoms with Gasteiger partial charge in [-0.25, -0.2) is 0 Å². The van der Waals surface area contributed by atoms with Crippen molar-refractivity contribution in [3.05, 3.63) is 22.4 Å². The number of hydrogen-bond acceptors (Lipinski definition) is 4. The van der Waals surface area contributed by atoms with Crippen LogP contribution in [0.3, 0.4) is 0 Å². The number of aliphatic imine (C=N–C) groups is 1. The van der Waals surface area contributed by atoms with Crippen molar-refractivity contribution in [2.75, 3.05) is 39.8 Å². The van der Waals surface area contributed by atoms with Crippen molar-refractivity contribution in [1.82, 2.24) is 15.1 Å². The molecule has 1 amide bonds. The Morgan fingerprint density at radius 1 is 1.38 bits per heavy atom. The molecule has 1 N–H and O–H groups in total. The van der Waals surface area contributed by atoms with E-state index in [0.29, 0.717) is 0 Å². The number of ether oxygens (including phenoxy) is 1. The summed E-state index contributed by atoms with van der Waals surface area (Å²) < 4.78 is 5.50. The zero-order valence-electron chi connectivity index (χ0n) is 13.9. The van der Waals surface area contributed by atoms with Gasteiger partial charge in [-0.3, -0.25) is 9.79 Å². The Morgan fingerprint density at radius 3 is 2.71 bits per heavy atom. The lowest BCUT2D eigenvalue weighted by atomic mass is 10.2. The van der Waals surface area contributed by atoms with Crippen molar-refractivity contribution < 1.29 is 9.53 Å². The lowest BCUT2D eigenvalue weighted by Crippen LogP contribution is -2.55. The Kier molecular flexibility index (Phi) is 7.76. The number of rotatable bonds is 3. The van der Waals surface area contributed by atoms with E-state index in [9.17, 15) is 4.79 Å². The average Bonchev–Trinajstić information content (AvgIpc) is 3.29. The molecule has 3 rings (SSSR count). The number of amides is 1. The van der Waals surface area contributed by atoms with Gasteiger partial charge in [-0.2, -0.15) is 0 Å². The molecule has 2 aliphatic heterocycles. The number of piperazine rings is 1. The molecule has 24 heavy (non-hydrogen) atoms. The molecule has 6 nitrogen and oxygen atoms in total. The molecule has 0 radical (unpaired) electrons. The van der Waals surface area contributed by atoms with Gasteiger partial charge in [0, 0.05) is 44.7 Å². The van der Waals surface area contributed by atoms with Crippen molar-refractivity contribution in [2.24, 2.45) is 4.99 Å². The molecule has 0 saturated carbocycles. The first kappa shape index (κ1) is 19.5. The zero-order valence-corrected chi connectivity index (χ0v) is 17.1. The Balaban J connectivity index is 0.00000208. The highest BCUT2D eigenvalue weighted by Crippen LogP contribution is 2.16. The standard InChI is InChI=1S/C16H24N4O2S.HI/c1-17-16(18-12-13-4-3-11-23-13)20-8-6-19(7-9-20)15(21)14-5-2-10-22-14;/h3-4,11,14H,2,5-10,12H2,1H3,(H,17,18);1H. The lowest BCUT2D eigenvalue weighted by molar-refractivity contribution is -0.142.